The fourth-order valence-corrected chi connectivity index (χ4v) is 2.50. The van der Waals surface area contributed by atoms with Crippen molar-refractivity contribution in [2.45, 2.75) is 17.9 Å². The Hall–Kier alpha value is -1.85. The molecule has 0 fully saturated rings. The van der Waals surface area contributed by atoms with E-state index in [-0.39, 0.29) is 5.91 Å². The summed E-state index contributed by atoms with van der Waals surface area (Å²) in [6.45, 7) is 1.69. The first-order valence-corrected chi connectivity index (χ1v) is 8.59. The van der Waals surface area contributed by atoms with Crippen molar-refractivity contribution in [2.75, 3.05) is 18.7 Å². The number of nitrogens with one attached hydrogen (secondary N) is 1. The van der Waals surface area contributed by atoms with E-state index in [1.807, 2.05) is 30.5 Å². The number of anilines is 1. The molecular weight excluding hydrogens is 334 g/mol. The lowest BCUT2D eigenvalue weighted by Gasteiger charge is -2.16. The summed E-state index contributed by atoms with van der Waals surface area (Å²) >= 11 is 7.60. The zero-order chi connectivity index (χ0) is 16.8. The Morgan fingerprint density at radius 1 is 1.22 bits per heavy atom. The van der Waals surface area contributed by atoms with Gasteiger partial charge in [-0.1, -0.05) is 11.6 Å². The molecular formula is C17H18ClNO3S. The average Bonchev–Trinajstić information content (AvgIpc) is 2.55. The zero-order valence-corrected chi connectivity index (χ0v) is 14.7. The highest BCUT2D eigenvalue weighted by molar-refractivity contribution is 7.98. The van der Waals surface area contributed by atoms with E-state index in [2.05, 4.69) is 5.32 Å². The number of thioether (sulfide) groups is 1. The molecule has 0 bridgehead atoms. The predicted octanol–water partition coefficient (Wildman–Crippen LogP) is 4.48. The molecule has 0 radical (unpaired) electrons. The van der Waals surface area contributed by atoms with Crippen LogP contribution in [0.3, 0.4) is 0 Å². The quantitative estimate of drug-likeness (QED) is 0.780. The first-order chi connectivity index (χ1) is 11.0. The molecule has 0 heterocycles. The van der Waals surface area contributed by atoms with Crippen LogP contribution >= 0.6 is 23.4 Å². The molecule has 0 saturated carbocycles. The van der Waals surface area contributed by atoms with Crippen LogP contribution in [0.2, 0.25) is 5.02 Å². The highest BCUT2D eigenvalue weighted by atomic mass is 35.5. The molecule has 122 valence electrons. The molecule has 0 saturated heterocycles. The van der Waals surface area contributed by atoms with Crippen molar-refractivity contribution in [1.82, 2.24) is 0 Å². The van der Waals surface area contributed by atoms with Crippen molar-refractivity contribution in [3.63, 3.8) is 0 Å². The van der Waals surface area contributed by atoms with Crippen LogP contribution in [0.4, 0.5) is 5.69 Å². The molecule has 4 nitrogen and oxygen atoms in total. The summed E-state index contributed by atoms with van der Waals surface area (Å²) in [5.74, 6) is 0.905. The number of rotatable bonds is 6. The fourth-order valence-electron chi connectivity index (χ4n) is 1.92. The second kappa shape index (κ2) is 8.13. The third-order valence-electron chi connectivity index (χ3n) is 3.16. The molecule has 23 heavy (non-hydrogen) atoms. The molecule has 2 aromatic rings. The highest BCUT2D eigenvalue weighted by Crippen LogP contribution is 2.28. The molecule has 1 N–H and O–H groups in total. The monoisotopic (exact) mass is 351 g/mol. The van der Waals surface area contributed by atoms with Crippen LogP contribution in [0.5, 0.6) is 11.5 Å². The Morgan fingerprint density at radius 2 is 1.91 bits per heavy atom. The maximum atomic E-state index is 12.3. The number of carbonyl (C=O) groups excluding carboxylic acids is 1. The van der Waals surface area contributed by atoms with Gasteiger partial charge in [-0.3, -0.25) is 4.79 Å². The van der Waals surface area contributed by atoms with Gasteiger partial charge in [-0.15, -0.1) is 11.8 Å². The van der Waals surface area contributed by atoms with E-state index in [0.29, 0.717) is 22.2 Å². The molecule has 0 aliphatic rings. The molecule has 0 aliphatic heterocycles. The molecule has 0 spiro atoms. The van der Waals surface area contributed by atoms with Gasteiger partial charge >= 0.3 is 0 Å². The standard InChI is InChI=1S/C17H18ClNO3S/c1-11(22-13-5-7-14(23-3)8-6-13)17(20)19-15-10-12(18)4-9-16(15)21-2/h4-11H,1-3H3,(H,19,20). The van der Waals surface area contributed by atoms with Crippen molar-refractivity contribution < 1.29 is 14.3 Å². The van der Waals surface area contributed by atoms with Crippen LogP contribution < -0.4 is 14.8 Å². The Morgan fingerprint density at radius 3 is 2.52 bits per heavy atom. The van der Waals surface area contributed by atoms with E-state index in [4.69, 9.17) is 21.1 Å². The van der Waals surface area contributed by atoms with Gasteiger partial charge in [0.2, 0.25) is 0 Å². The van der Waals surface area contributed by atoms with Crippen LogP contribution in [-0.4, -0.2) is 25.4 Å². The number of hydrogen-bond donors (Lipinski definition) is 1. The van der Waals surface area contributed by atoms with E-state index in [1.54, 1.807) is 36.9 Å². The molecule has 6 heteroatoms. The summed E-state index contributed by atoms with van der Waals surface area (Å²) in [5.41, 5.74) is 0.512. The third-order valence-corrected chi connectivity index (χ3v) is 4.14. The molecule has 0 aliphatic carbocycles. The second-order valence-electron chi connectivity index (χ2n) is 4.77. The molecule has 1 unspecified atom stereocenters. The van der Waals surface area contributed by atoms with Crippen LogP contribution in [-0.2, 0) is 4.79 Å². The maximum Gasteiger partial charge on any atom is 0.265 e. The van der Waals surface area contributed by atoms with Crippen LogP contribution in [0.1, 0.15) is 6.92 Å². The first-order valence-electron chi connectivity index (χ1n) is 6.98. The summed E-state index contributed by atoms with van der Waals surface area (Å²) in [4.78, 5) is 13.4. The van der Waals surface area contributed by atoms with E-state index in [1.165, 1.54) is 7.11 Å². The normalized spacial score (nSPS) is 11.7. The number of methoxy groups -OCH3 is 1. The Labute approximate surface area is 145 Å². The van der Waals surface area contributed by atoms with Crippen molar-refractivity contribution >= 4 is 35.0 Å². The molecule has 1 atom stereocenters. The van der Waals surface area contributed by atoms with E-state index >= 15 is 0 Å². The second-order valence-corrected chi connectivity index (χ2v) is 6.09. The van der Waals surface area contributed by atoms with Gasteiger partial charge in [0.25, 0.3) is 5.91 Å². The third kappa shape index (κ3) is 4.81. The van der Waals surface area contributed by atoms with Crippen LogP contribution in [0, 0.1) is 0 Å². The SMILES string of the molecule is COc1ccc(Cl)cc1NC(=O)C(C)Oc1ccc(SC)cc1. The Kier molecular flexibility index (Phi) is 6.19. The van der Waals surface area contributed by atoms with E-state index < -0.39 is 6.10 Å². The van der Waals surface area contributed by atoms with Gasteiger partial charge < -0.3 is 14.8 Å². The molecule has 2 rings (SSSR count). The van der Waals surface area contributed by atoms with E-state index in [9.17, 15) is 4.79 Å². The molecule has 0 aromatic heterocycles. The zero-order valence-electron chi connectivity index (χ0n) is 13.1. The topological polar surface area (TPSA) is 47.6 Å². The minimum Gasteiger partial charge on any atom is -0.495 e. The number of amides is 1. The number of hydrogen-bond acceptors (Lipinski definition) is 4. The van der Waals surface area contributed by atoms with Crippen LogP contribution in [0.15, 0.2) is 47.4 Å². The first kappa shape index (κ1) is 17.5. The highest BCUT2D eigenvalue weighted by Gasteiger charge is 2.17. The summed E-state index contributed by atoms with van der Waals surface area (Å²) in [6, 6.07) is 12.6. The smallest absolute Gasteiger partial charge is 0.265 e. The fraction of sp³-hybridized carbons (Fsp3) is 0.235. The van der Waals surface area contributed by atoms with Gasteiger partial charge in [0, 0.05) is 9.92 Å². The van der Waals surface area contributed by atoms with E-state index in [0.717, 1.165) is 4.90 Å². The van der Waals surface area contributed by atoms with Gasteiger partial charge in [-0.2, -0.15) is 0 Å². The van der Waals surface area contributed by atoms with Crippen molar-refractivity contribution in [3.05, 3.63) is 47.5 Å². The lowest BCUT2D eigenvalue weighted by molar-refractivity contribution is -0.122. The summed E-state index contributed by atoms with van der Waals surface area (Å²) in [7, 11) is 1.53. The number of benzene rings is 2. The average molecular weight is 352 g/mol. The lowest BCUT2D eigenvalue weighted by atomic mass is 10.2. The predicted molar refractivity (Wildman–Crippen MR) is 94.9 cm³/mol. The van der Waals surface area contributed by atoms with Gasteiger partial charge in [0.1, 0.15) is 11.5 Å². The summed E-state index contributed by atoms with van der Waals surface area (Å²) in [6.07, 6.45) is 1.35. The number of ether oxygens (including phenoxy) is 2. The van der Waals surface area contributed by atoms with Crippen molar-refractivity contribution in [1.29, 1.82) is 0 Å². The minimum absolute atomic E-state index is 0.278. The Balaban J connectivity index is 2.03. The largest absolute Gasteiger partial charge is 0.495 e. The van der Waals surface area contributed by atoms with Gasteiger partial charge in [-0.05, 0) is 55.6 Å². The number of halogens is 1. The van der Waals surface area contributed by atoms with Gasteiger partial charge in [-0.25, -0.2) is 0 Å². The summed E-state index contributed by atoms with van der Waals surface area (Å²) in [5, 5.41) is 3.28. The van der Waals surface area contributed by atoms with Gasteiger partial charge in [0.15, 0.2) is 6.10 Å². The molecule has 1 amide bonds. The summed E-state index contributed by atoms with van der Waals surface area (Å²) < 4.78 is 10.9. The molecule has 2 aromatic carbocycles. The van der Waals surface area contributed by atoms with Crippen molar-refractivity contribution in [2.24, 2.45) is 0 Å². The maximum absolute atomic E-state index is 12.3. The van der Waals surface area contributed by atoms with Gasteiger partial charge in [0.05, 0.1) is 12.8 Å². The Bertz CT molecular complexity index is 676. The lowest BCUT2D eigenvalue weighted by Crippen LogP contribution is -2.30. The number of carbonyl (C=O) groups is 1. The van der Waals surface area contributed by atoms with Crippen molar-refractivity contribution in [3.8, 4) is 11.5 Å². The van der Waals surface area contributed by atoms with Crippen LogP contribution in [0.25, 0.3) is 0 Å². The minimum atomic E-state index is -0.654.